The highest BCUT2D eigenvalue weighted by Crippen LogP contribution is 2.57. The molecule has 1 aromatic carbocycles. The van der Waals surface area contributed by atoms with E-state index in [1.165, 1.54) is 44.4 Å². The number of amides is 2. The number of rotatable bonds is 5. The van der Waals surface area contributed by atoms with Crippen molar-refractivity contribution in [3.8, 4) is 0 Å². The summed E-state index contributed by atoms with van der Waals surface area (Å²) in [6.45, 7) is 2.64. The van der Waals surface area contributed by atoms with E-state index in [4.69, 9.17) is 17.3 Å². The van der Waals surface area contributed by atoms with Gasteiger partial charge in [-0.15, -0.1) is 0 Å². The number of benzene rings is 1. The van der Waals surface area contributed by atoms with Crippen molar-refractivity contribution in [2.75, 3.05) is 25.5 Å². The first-order valence-corrected chi connectivity index (χ1v) is 13.1. The molecule has 0 spiro atoms. The molecule has 1 aromatic heterocycles. The van der Waals surface area contributed by atoms with Gasteiger partial charge in [0.1, 0.15) is 17.1 Å². The standard InChI is InChI=1S/C21H22ClF3N4O3.C5H11N/c1-29-9-27-16(17(29)18(30)28-13-2-3-15(23)14(22)6-13)10-4-11-7-20(32,8-12(11)5-10)21(24,25)19(26)31;1-6-4-2-3-5-6/h2-3,6,9-12,32H,4-5,7-8H2,1H3,(H2,26,31)(H,28,30);2-5H2,1H3. The molecule has 8 nitrogen and oxygen atoms in total. The van der Waals surface area contributed by atoms with Crippen LogP contribution in [0.4, 0.5) is 18.9 Å². The Balaban J connectivity index is 0.000000494. The fourth-order valence-corrected chi connectivity index (χ4v) is 6.22. The number of halogens is 4. The normalized spacial score (nSPS) is 27.1. The summed E-state index contributed by atoms with van der Waals surface area (Å²) in [5.41, 5.74) is 3.49. The summed E-state index contributed by atoms with van der Waals surface area (Å²) in [5.74, 6) is -7.56. The van der Waals surface area contributed by atoms with Gasteiger partial charge >= 0.3 is 5.92 Å². The predicted molar refractivity (Wildman–Crippen MR) is 137 cm³/mol. The summed E-state index contributed by atoms with van der Waals surface area (Å²) < 4.78 is 43.3. The van der Waals surface area contributed by atoms with E-state index >= 15 is 0 Å². The molecule has 3 fully saturated rings. The third-order valence-corrected chi connectivity index (χ3v) is 8.30. The van der Waals surface area contributed by atoms with E-state index in [1.54, 1.807) is 11.6 Å². The zero-order chi connectivity index (χ0) is 27.8. The third kappa shape index (κ3) is 5.55. The van der Waals surface area contributed by atoms with Crippen molar-refractivity contribution in [1.82, 2.24) is 14.5 Å². The fourth-order valence-electron chi connectivity index (χ4n) is 6.03. The van der Waals surface area contributed by atoms with Gasteiger partial charge in [-0.1, -0.05) is 11.6 Å². The maximum Gasteiger partial charge on any atom is 0.352 e. The van der Waals surface area contributed by atoms with Crippen LogP contribution in [0.1, 0.15) is 60.6 Å². The van der Waals surface area contributed by atoms with Gasteiger partial charge in [-0.25, -0.2) is 9.37 Å². The second-order valence-electron chi connectivity index (χ2n) is 10.7. The van der Waals surface area contributed by atoms with Gasteiger partial charge in [0.2, 0.25) is 0 Å². The molecule has 1 saturated heterocycles. The maximum absolute atomic E-state index is 14.2. The van der Waals surface area contributed by atoms with Crippen LogP contribution in [0.15, 0.2) is 24.5 Å². The van der Waals surface area contributed by atoms with Gasteiger partial charge in [0.05, 0.1) is 17.0 Å². The number of carbonyl (C=O) groups is 2. The minimum atomic E-state index is -4.00. The van der Waals surface area contributed by atoms with Gasteiger partial charge in [-0.2, -0.15) is 8.78 Å². The Hall–Kier alpha value is -2.63. The number of likely N-dealkylation sites (tertiary alicyclic amines) is 1. The van der Waals surface area contributed by atoms with Gasteiger partial charge < -0.3 is 25.6 Å². The number of hydrogen-bond donors (Lipinski definition) is 3. The van der Waals surface area contributed by atoms with Crippen LogP contribution in [0, 0.1) is 17.7 Å². The molecule has 38 heavy (non-hydrogen) atoms. The molecule has 2 aromatic rings. The lowest BCUT2D eigenvalue weighted by molar-refractivity contribution is -0.189. The van der Waals surface area contributed by atoms with Crippen LogP contribution in [0.2, 0.25) is 5.02 Å². The first-order valence-electron chi connectivity index (χ1n) is 12.7. The molecule has 2 saturated carbocycles. The van der Waals surface area contributed by atoms with Crippen LogP contribution in [0.3, 0.4) is 0 Å². The highest BCUT2D eigenvalue weighted by Gasteiger charge is 2.64. The topological polar surface area (TPSA) is 113 Å². The smallest absolute Gasteiger partial charge is 0.352 e. The lowest BCUT2D eigenvalue weighted by Gasteiger charge is -2.31. The van der Waals surface area contributed by atoms with E-state index in [0.717, 1.165) is 6.07 Å². The number of hydrogen-bond acceptors (Lipinski definition) is 5. The van der Waals surface area contributed by atoms with Crippen molar-refractivity contribution in [2.45, 2.75) is 56.0 Å². The second-order valence-corrected chi connectivity index (χ2v) is 11.2. The lowest BCUT2D eigenvalue weighted by Crippen LogP contribution is -2.54. The Morgan fingerprint density at radius 2 is 1.79 bits per heavy atom. The summed E-state index contributed by atoms with van der Waals surface area (Å²) >= 11 is 5.77. The SMILES string of the molecule is CN1CCCC1.Cn1cnc(C2CC3CC(O)(C(F)(F)C(N)=O)CC3C2)c1C(=O)Nc1ccc(F)c(Cl)c1. The van der Waals surface area contributed by atoms with E-state index in [2.05, 4.69) is 22.2 Å². The van der Waals surface area contributed by atoms with Crippen LogP contribution in [0.25, 0.3) is 0 Å². The van der Waals surface area contributed by atoms with Crippen molar-refractivity contribution >= 4 is 29.1 Å². The average Bonchev–Trinajstić information content (AvgIpc) is 3.61. The van der Waals surface area contributed by atoms with E-state index in [1.807, 2.05) is 0 Å². The molecule has 2 heterocycles. The monoisotopic (exact) mass is 555 g/mol. The number of nitrogens with one attached hydrogen (secondary N) is 1. The molecule has 208 valence electrons. The molecule has 4 N–H and O–H groups in total. The number of alkyl halides is 2. The number of primary amides is 1. The van der Waals surface area contributed by atoms with Crippen LogP contribution in [-0.4, -0.2) is 63.0 Å². The zero-order valence-electron chi connectivity index (χ0n) is 21.4. The first kappa shape index (κ1) is 28.4. The second kappa shape index (κ2) is 10.9. The Labute approximate surface area is 224 Å². The van der Waals surface area contributed by atoms with Crippen molar-refractivity contribution < 1.29 is 27.9 Å². The van der Waals surface area contributed by atoms with Crippen molar-refractivity contribution in [1.29, 1.82) is 0 Å². The summed E-state index contributed by atoms with van der Waals surface area (Å²) in [6, 6.07) is 3.82. The molecule has 2 aliphatic carbocycles. The van der Waals surface area contributed by atoms with E-state index in [0.29, 0.717) is 29.9 Å². The summed E-state index contributed by atoms with van der Waals surface area (Å²) in [7, 11) is 3.83. The first-order chi connectivity index (χ1) is 17.8. The van der Waals surface area contributed by atoms with E-state index < -0.39 is 29.2 Å². The van der Waals surface area contributed by atoms with Gasteiger partial charge in [0, 0.05) is 18.7 Å². The van der Waals surface area contributed by atoms with Crippen molar-refractivity contribution in [2.24, 2.45) is 24.6 Å². The highest BCUT2D eigenvalue weighted by atomic mass is 35.5. The van der Waals surface area contributed by atoms with Crippen LogP contribution in [0.5, 0.6) is 0 Å². The third-order valence-electron chi connectivity index (χ3n) is 8.01. The van der Waals surface area contributed by atoms with E-state index in [-0.39, 0.29) is 35.6 Å². The Morgan fingerprint density at radius 1 is 1.18 bits per heavy atom. The Bertz CT molecular complexity index is 1190. The number of aromatic nitrogens is 2. The molecule has 2 atom stereocenters. The molecular weight excluding hydrogens is 523 g/mol. The molecule has 3 aliphatic rings. The molecule has 2 amide bonds. The molecular formula is C26H33ClF3N5O3. The lowest BCUT2D eigenvalue weighted by atomic mass is 9.87. The minimum Gasteiger partial charge on any atom is -0.383 e. The number of aliphatic hydroxyl groups is 1. The zero-order valence-corrected chi connectivity index (χ0v) is 22.1. The predicted octanol–water partition coefficient (Wildman–Crippen LogP) is 3.93. The minimum absolute atomic E-state index is 0.128. The van der Waals surface area contributed by atoms with Crippen molar-refractivity contribution in [3.05, 3.63) is 46.8 Å². The van der Waals surface area contributed by atoms with Gasteiger partial charge in [0.25, 0.3) is 11.8 Å². The number of nitrogens with two attached hydrogens (primary N) is 1. The number of fused-ring (bicyclic) bond motifs is 1. The number of anilines is 1. The number of nitrogens with zero attached hydrogens (tertiary/aromatic N) is 3. The Kier molecular flexibility index (Phi) is 8.11. The van der Waals surface area contributed by atoms with Crippen LogP contribution < -0.4 is 11.1 Å². The summed E-state index contributed by atoms with van der Waals surface area (Å²) in [4.78, 5) is 30.8. The number of carbonyl (C=O) groups excluding carboxylic acids is 2. The molecule has 1 aliphatic heterocycles. The van der Waals surface area contributed by atoms with Crippen LogP contribution in [-0.2, 0) is 11.8 Å². The fraction of sp³-hybridized carbons (Fsp3) is 0.577. The maximum atomic E-state index is 14.2. The molecule has 0 radical (unpaired) electrons. The van der Waals surface area contributed by atoms with Gasteiger partial charge in [-0.05, 0) is 88.7 Å². The summed E-state index contributed by atoms with van der Waals surface area (Å²) in [5, 5.41) is 13.0. The molecule has 0 bridgehead atoms. The van der Waals surface area contributed by atoms with Gasteiger partial charge in [0.15, 0.2) is 0 Å². The molecule has 5 rings (SSSR count). The number of imidazole rings is 1. The molecule has 2 unspecified atom stereocenters. The van der Waals surface area contributed by atoms with Crippen LogP contribution >= 0.6 is 11.6 Å². The summed E-state index contributed by atoms with van der Waals surface area (Å²) in [6.07, 6.45) is 4.72. The highest BCUT2D eigenvalue weighted by molar-refractivity contribution is 6.31. The Morgan fingerprint density at radius 3 is 2.29 bits per heavy atom. The van der Waals surface area contributed by atoms with Crippen molar-refractivity contribution in [3.63, 3.8) is 0 Å². The quantitative estimate of drug-likeness (QED) is 0.517. The molecule has 12 heteroatoms. The van der Waals surface area contributed by atoms with E-state index in [9.17, 15) is 27.9 Å². The van der Waals surface area contributed by atoms with Gasteiger partial charge in [-0.3, -0.25) is 9.59 Å². The largest absolute Gasteiger partial charge is 0.383 e. The number of aryl methyl sites for hydroxylation is 1. The average molecular weight is 556 g/mol.